The van der Waals surface area contributed by atoms with Crippen molar-refractivity contribution in [2.24, 2.45) is 11.8 Å². The van der Waals surface area contributed by atoms with Gasteiger partial charge in [0.05, 0.1) is 6.10 Å². The lowest BCUT2D eigenvalue weighted by Crippen LogP contribution is -2.58. The molecule has 0 aromatic rings. The van der Waals surface area contributed by atoms with E-state index in [1.54, 1.807) is 0 Å². The monoisotopic (exact) mass is 282 g/mol. The van der Waals surface area contributed by atoms with Crippen molar-refractivity contribution in [1.82, 2.24) is 10.2 Å². The summed E-state index contributed by atoms with van der Waals surface area (Å²) in [6.07, 6.45) is 6.39. The molecule has 3 fully saturated rings. The lowest BCUT2D eigenvalue weighted by atomic mass is 9.69. The SMILES string of the molecule is O=C(O)C1CC2CCCCC2C(CN2CCC(O)C2)N1. The van der Waals surface area contributed by atoms with Crippen LogP contribution in [0.25, 0.3) is 0 Å². The third kappa shape index (κ3) is 3.00. The van der Waals surface area contributed by atoms with Crippen molar-refractivity contribution in [2.75, 3.05) is 19.6 Å². The Morgan fingerprint density at radius 1 is 1.25 bits per heavy atom. The fourth-order valence-corrected chi connectivity index (χ4v) is 4.43. The zero-order valence-corrected chi connectivity index (χ0v) is 12.0. The van der Waals surface area contributed by atoms with Crippen LogP contribution in [0.15, 0.2) is 0 Å². The van der Waals surface area contributed by atoms with Gasteiger partial charge in [0.1, 0.15) is 6.04 Å². The molecule has 1 saturated carbocycles. The maximum absolute atomic E-state index is 11.3. The van der Waals surface area contributed by atoms with Gasteiger partial charge in [0.15, 0.2) is 0 Å². The number of aliphatic hydroxyl groups excluding tert-OH is 1. The van der Waals surface area contributed by atoms with E-state index in [-0.39, 0.29) is 18.2 Å². The molecule has 5 heteroatoms. The molecule has 5 atom stereocenters. The lowest BCUT2D eigenvalue weighted by molar-refractivity contribution is -0.142. The van der Waals surface area contributed by atoms with Crippen LogP contribution in [0.1, 0.15) is 38.5 Å². The van der Waals surface area contributed by atoms with Crippen LogP contribution in [0.2, 0.25) is 0 Å². The minimum atomic E-state index is -0.708. The smallest absolute Gasteiger partial charge is 0.320 e. The first-order valence-corrected chi connectivity index (χ1v) is 8.03. The Morgan fingerprint density at radius 2 is 2.05 bits per heavy atom. The van der Waals surface area contributed by atoms with E-state index in [0.29, 0.717) is 11.8 Å². The number of fused-ring (bicyclic) bond motifs is 1. The number of piperidine rings is 1. The Bertz CT molecular complexity index is 363. The molecule has 0 aromatic carbocycles. The molecule has 0 aromatic heterocycles. The van der Waals surface area contributed by atoms with Crippen molar-refractivity contribution in [3.63, 3.8) is 0 Å². The van der Waals surface area contributed by atoms with Crippen molar-refractivity contribution in [3.8, 4) is 0 Å². The average Bonchev–Trinajstić information content (AvgIpc) is 2.84. The molecule has 0 amide bonds. The van der Waals surface area contributed by atoms with E-state index in [2.05, 4.69) is 10.2 Å². The standard InChI is InChI=1S/C15H26N2O3/c18-11-5-6-17(8-11)9-14-12-4-2-1-3-10(12)7-13(16-14)15(19)20/h10-14,16,18H,1-9H2,(H,19,20). The van der Waals surface area contributed by atoms with Crippen LogP contribution >= 0.6 is 0 Å². The van der Waals surface area contributed by atoms with E-state index in [1.807, 2.05) is 0 Å². The zero-order chi connectivity index (χ0) is 14.1. The zero-order valence-electron chi connectivity index (χ0n) is 12.0. The number of likely N-dealkylation sites (tertiary alicyclic amines) is 1. The van der Waals surface area contributed by atoms with Crippen LogP contribution in [-0.2, 0) is 4.79 Å². The number of carboxylic acid groups (broad SMARTS) is 1. The predicted octanol–water partition coefficient (Wildman–Crippen LogP) is 0.674. The summed E-state index contributed by atoms with van der Waals surface area (Å²) in [6.45, 7) is 2.57. The number of rotatable bonds is 3. The molecule has 3 aliphatic rings. The third-order valence-corrected chi connectivity index (χ3v) is 5.44. The largest absolute Gasteiger partial charge is 0.480 e. The van der Waals surface area contributed by atoms with Crippen molar-refractivity contribution < 1.29 is 15.0 Å². The van der Waals surface area contributed by atoms with Crippen LogP contribution in [0.3, 0.4) is 0 Å². The number of hydrogen-bond donors (Lipinski definition) is 3. The average molecular weight is 282 g/mol. The molecule has 114 valence electrons. The Hall–Kier alpha value is -0.650. The maximum Gasteiger partial charge on any atom is 0.320 e. The molecule has 0 spiro atoms. The third-order valence-electron chi connectivity index (χ3n) is 5.44. The van der Waals surface area contributed by atoms with Gasteiger partial charge in [-0.3, -0.25) is 9.69 Å². The fourth-order valence-electron chi connectivity index (χ4n) is 4.43. The Kier molecular flexibility index (Phi) is 4.29. The Morgan fingerprint density at radius 3 is 2.75 bits per heavy atom. The summed E-state index contributed by atoms with van der Waals surface area (Å²) in [5.74, 6) is 0.487. The molecule has 2 saturated heterocycles. The molecule has 2 aliphatic heterocycles. The van der Waals surface area contributed by atoms with E-state index in [9.17, 15) is 15.0 Å². The van der Waals surface area contributed by atoms with Crippen molar-refractivity contribution in [3.05, 3.63) is 0 Å². The summed E-state index contributed by atoms with van der Waals surface area (Å²) >= 11 is 0. The molecule has 5 unspecified atom stereocenters. The lowest BCUT2D eigenvalue weighted by Gasteiger charge is -2.45. The van der Waals surface area contributed by atoms with Gasteiger partial charge in [-0.25, -0.2) is 0 Å². The van der Waals surface area contributed by atoms with Gasteiger partial charge >= 0.3 is 5.97 Å². The van der Waals surface area contributed by atoms with Crippen LogP contribution in [0.4, 0.5) is 0 Å². The van der Waals surface area contributed by atoms with Crippen molar-refractivity contribution >= 4 is 5.97 Å². The highest BCUT2D eigenvalue weighted by molar-refractivity contribution is 5.73. The summed E-state index contributed by atoms with van der Waals surface area (Å²) in [7, 11) is 0. The van der Waals surface area contributed by atoms with E-state index in [1.165, 1.54) is 25.7 Å². The van der Waals surface area contributed by atoms with Gasteiger partial charge < -0.3 is 15.5 Å². The number of aliphatic hydroxyl groups is 1. The molecule has 20 heavy (non-hydrogen) atoms. The van der Waals surface area contributed by atoms with E-state index < -0.39 is 5.97 Å². The number of aliphatic carboxylic acids is 1. The van der Waals surface area contributed by atoms with Crippen LogP contribution in [0, 0.1) is 11.8 Å². The first-order valence-electron chi connectivity index (χ1n) is 8.03. The summed E-state index contributed by atoms with van der Waals surface area (Å²) in [6, 6.07) is -0.104. The van der Waals surface area contributed by atoms with Gasteiger partial charge in [-0.15, -0.1) is 0 Å². The second kappa shape index (κ2) is 6.00. The van der Waals surface area contributed by atoms with E-state index in [0.717, 1.165) is 32.5 Å². The maximum atomic E-state index is 11.3. The van der Waals surface area contributed by atoms with Crippen LogP contribution in [0.5, 0.6) is 0 Å². The van der Waals surface area contributed by atoms with Crippen molar-refractivity contribution in [2.45, 2.75) is 56.7 Å². The van der Waals surface area contributed by atoms with E-state index >= 15 is 0 Å². The number of hydrogen-bond acceptors (Lipinski definition) is 4. The molecule has 1 aliphatic carbocycles. The van der Waals surface area contributed by atoms with E-state index in [4.69, 9.17) is 0 Å². The highest BCUT2D eigenvalue weighted by Crippen LogP contribution is 2.38. The molecule has 0 radical (unpaired) electrons. The number of nitrogens with one attached hydrogen (secondary N) is 1. The molecule has 5 nitrogen and oxygen atoms in total. The molecular weight excluding hydrogens is 256 g/mol. The van der Waals surface area contributed by atoms with Crippen LogP contribution < -0.4 is 5.32 Å². The summed E-state index contributed by atoms with van der Waals surface area (Å²) in [5, 5.41) is 22.3. The molecule has 3 N–H and O–H groups in total. The number of nitrogens with zero attached hydrogens (tertiary/aromatic N) is 1. The quantitative estimate of drug-likeness (QED) is 0.710. The van der Waals surface area contributed by atoms with Gasteiger partial charge in [-0.2, -0.15) is 0 Å². The Labute approximate surface area is 120 Å². The second-order valence-electron chi connectivity index (χ2n) is 6.81. The fraction of sp³-hybridized carbons (Fsp3) is 0.933. The minimum Gasteiger partial charge on any atom is -0.480 e. The second-order valence-corrected chi connectivity index (χ2v) is 6.81. The van der Waals surface area contributed by atoms with Gasteiger partial charge in [-0.1, -0.05) is 19.3 Å². The molecular formula is C15H26N2O3. The first-order chi connectivity index (χ1) is 9.63. The normalized spacial score (nSPS) is 42.4. The number of carboxylic acids is 1. The predicted molar refractivity (Wildman–Crippen MR) is 75.5 cm³/mol. The van der Waals surface area contributed by atoms with Crippen molar-refractivity contribution in [1.29, 1.82) is 0 Å². The molecule has 2 heterocycles. The first kappa shape index (κ1) is 14.3. The van der Waals surface area contributed by atoms with Gasteiger partial charge in [0.25, 0.3) is 0 Å². The highest BCUT2D eigenvalue weighted by Gasteiger charge is 2.41. The topological polar surface area (TPSA) is 72.8 Å². The number of carbonyl (C=O) groups is 1. The Balaban J connectivity index is 1.66. The van der Waals surface area contributed by atoms with Crippen LogP contribution in [-0.4, -0.2) is 58.9 Å². The van der Waals surface area contributed by atoms with Gasteiger partial charge in [0.2, 0.25) is 0 Å². The number of β-amino-alcohol motifs (C(OH)–C–C–N with tert-alkyl or cyclic N) is 1. The highest BCUT2D eigenvalue weighted by atomic mass is 16.4. The summed E-state index contributed by atoms with van der Waals surface area (Å²) < 4.78 is 0. The molecule has 3 rings (SSSR count). The summed E-state index contributed by atoms with van der Waals surface area (Å²) in [5.41, 5.74) is 0. The van der Waals surface area contributed by atoms with Gasteiger partial charge in [-0.05, 0) is 31.1 Å². The van der Waals surface area contributed by atoms with Gasteiger partial charge in [0, 0.05) is 25.7 Å². The minimum absolute atomic E-state index is 0.198. The summed E-state index contributed by atoms with van der Waals surface area (Å²) in [4.78, 5) is 13.6. The molecule has 0 bridgehead atoms.